The number of rotatable bonds is 5. The van der Waals surface area contributed by atoms with Crippen LogP contribution in [0.15, 0.2) is 42.0 Å². The van der Waals surface area contributed by atoms with E-state index in [9.17, 15) is 4.79 Å². The average molecular weight is 242 g/mol. The predicted octanol–water partition coefficient (Wildman–Crippen LogP) is 4.50. The molecule has 2 rings (SSSR count). The van der Waals surface area contributed by atoms with E-state index >= 15 is 0 Å². The van der Waals surface area contributed by atoms with Crippen molar-refractivity contribution < 1.29 is 4.79 Å². The molecule has 1 aliphatic rings. The number of ketones is 1. The van der Waals surface area contributed by atoms with Crippen molar-refractivity contribution in [2.45, 2.75) is 45.4 Å². The van der Waals surface area contributed by atoms with Crippen LogP contribution in [0.4, 0.5) is 0 Å². The Kier molecular flexibility index (Phi) is 4.35. The molecule has 1 aliphatic carbocycles. The zero-order valence-corrected chi connectivity index (χ0v) is 11.4. The van der Waals surface area contributed by atoms with E-state index in [2.05, 4.69) is 32.1 Å². The first-order chi connectivity index (χ1) is 8.74. The molecule has 0 N–H and O–H groups in total. The van der Waals surface area contributed by atoms with Crippen molar-refractivity contribution in [2.75, 3.05) is 0 Å². The zero-order chi connectivity index (χ0) is 13.0. The first-order valence-electron chi connectivity index (χ1n) is 7.02. The summed E-state index contributed by atoms with van der Waals surface area (Å²) >= 11 is 0. The van der Waals surface area contributed by atoms with Crippen molar-refractivity contribution >= 4 is 5.78 Å². The third-order valence-electron chi connectivity index (χ3n) is 4.01. The average Bonchev–Trinajstić information content (AvgIpc) is 2.94. The van der Waals surface area contributed by atoms with E-state index in [1.165, 1.54) is 5.56 Å². The Morgan fingerprint density at radius 1 is 1.28 bits per heavy atom. The second-order valence-corrected chi connectivity index (χ2v) is 5.26. The Morgan fingerprint density at radius 2 is 2.00 bits per heavy atom. The lowest BCUT2D eigenvalue weighted by molar-refractivity contribution is -0.118. The number of allylic oxidation sites excluding steroid dienone is 2. The van der Waals surface area contributed by atoms with E-state index in [0.29, 0.717) is 11.7 Å². The lowest BCUT2D eigenvalue weighted by Gasteiger charge is -2.22. The highest BCUT2D eigenvalue weighted by Crippen LogP contribution is 2.33. The minimum absolute atomic E-state index is 0.0422. The van der Waals surface area contributed by atoms with Gasteiger partial charge in [0, 0.05) is 5.92 Å². The minimum atomic E-state index is 0.0422. The van der Waals surface area contributed by atoms with Gasteiger partial charge in [-0.15, -0.1) is 0 Å². The smallest absolute Gasteiger partial charge is 0.166 e. The van der Waals surface area contributed by atoms with Gasteiger partial charge in [0.15, 0.2) is 5.78 Å². The van der Waals surface area contributed by atoms with Gasteiger partial charge < -0.3 is 0 Å². The molecule has 1 aromatic rings. The molecule has 0 aliphatic heterocycles. The largest absolute Gasteiger partial charge is 0.294 e. The van der Waals surface area contributed by atoms with Crippen LogP contribution in [0, 0.1) is 5.92 Å². The van der Waals surface area contributed by atoms with E-state index in [1.807, 2.05) is 18.2 Å². The number of carbonyl (C=O) groups is 1. The van der Waals surface area contributed by atoms with E-state index < -0.39 is 0 Å². The van der Waals surface area contributed by atoms with Gasteiger partial charge in [-0.2, -0.15) is 0 Å². The molecule has 0 heterocycles. The first kappa shape index (κ1) is 13.1. The Labute approximate surface area is 110 Å². The second kappa shape index (κ2) is 5.99. The summed E-state index contributed by atoms with van der Waals surface area (Å²) in [7, 11) is 0. The van der Waals surface area contributed by atoms with Crippen molar-refractivity contribution in [2.24, 2.45) is 5.92 Å². The number of carbonyl (C=O) groups excluding carboxylic acids is 1. The molecule has 0 amide bonds. The van der Waals surface area contributed by atoms with E-state index in [4.69, 9.17) is 0 Å². The van der Waals surface area contributed by atoms with Crippen LogP contribution in [0.25, 0.3) is 0 Å². The van der Waals surface area contributed by atoms with Crippen molar-refractivity contribution in [3.63, 3.8) is 0 Å². The molecule has 1 aromatic carbocycles. The van der Waals surface area contributed by atoms with E-state index in [-0.39, 0.29) is 5.92 Å². The summed E-state index contributed by atoms with van der Waals surface area (Å²) in [6.07, 6.45) is 6.37. The fraction of sp³-hybridized carbons (Fsp3) is 0.471. The lowest BCUT2D eigenvalue weighted by atomic mass is 9.80. The van der Waals surface area contributed by atoms with Crippen LogP contribution in [-0.4, -0.2) is 5.78 Å². The summed E-state index contributed by atoms with van der Waals surface area (Å²) in [5.41, 5.74) is 2.23. The molecule has 0 spiro atoms. The second-order valence-electron chi connectivity index (χ2n) is 5.26. The topological polar surface area (TPSA) is 17.1 Å². The van der Waals surface area contributed by atoms with Crippen LogP contribution in [-0.2, 0) is 4.79 Å². The van der Waals surface area contributed by atoms with Gasteiger partial charge >= 0.3 is 0 Å². The fourth-order valence-electron chi connectivity index (χ4n) is 2.73. The van der Waals surface area contributed by atoms with E-state index in [1.54, 1.807) is 0 Å². The van der Waals surface area contributed by atoms with Crippen LogP contribution in [0.2, 0.25) is 0 Å². The van der Waals surface area contributed by atoms with Crippen LogP contribution >= 0.6 is 0 Å². The molecule has 18 heavy (non-hydrogen) atoms. The third-order valence-corrected chi connectivity index (χ3v) is 4.01. The van der Waals surface area contributed by atoms with Crippen molar-refractivity contribution in [1.29, 1.82) is 0 Å². The van der Waals surface area contributed by atoms with Gasteiger partial charge in [0.2, 0.25) is 0 Å². The maximum absolute atomic E-state index is 12.7. The third kappa shape index (κ3) is 2.72. The number of Topliss-reactive ketones (excluding diaryl/α,β-unsaturated/α-hetero) is 1. The normalized spacial score (nSPS) is 18.2. The SMILES string of the molecule is CCC(C)C(C(=O)C1=CCCC1)c1ccccc1. The molecule has 0 saturated heterocycles. The van der Waals surface area contributed by atoms with Gasteiger partial charge in [-0.3, -0.25) is 4.79 Å². The van der Waals surface area contributed by atoms with Crippen molar-refractivity contribution in [3.8, 4) is 0 Å². The summed E-state index contributed by atoms with van der Waals surface area (Å²) in [6, 6.07) is 10.2. The number of hydrogen-bond donors (Lipinski definition) is 0. The van der Waals surface area contributed by atoms with Gasteiger partial charge in [-0.1, -0.05) is 56.7 Å². The van der Waals surface area contributed by atoms with Gasteiger partial charge in [0.25, 0.3) is 0 Å². The summed E-state index contributed by atoms with van der Waals surface area (Å²) in [4.78, 5) is 12.7. The highest BCUT2D eigenvalue weighted by atomic mass is 16.1. The van der Waals surface area contributed by atoms with Gasteiger partial charge in [-0.25, -0.2) is 0 Å². The highest BCUT2D eigenvalue weighted by Gasteiger charge is 2.28. The lowest BCUT2D eigenvalue weighted by Crippen LogP contribution is -2.20. The maximum atomic E-state index is 12.7. The molecule has 0 fully saturated rings. The predicted molar refractivity (Wildman–Crippen MR) is 75.6 cm³/mol. The van der Waals surface area contributed by atoms with Crippen molar-refractivity contribution in [1.82, 2.24) is 0 Å². The summed E-state index contributed by atoms with van der Waals surface area (Å²) in [5.74, 6) is 0.801. The number of benzene rings is 1. The van der Waals surface area contributed by atoms with Crippen LogP contribution in [0.5, 0.6) is 0 Å². The van der Waals surface area contributed by atoms with Gasteiger partial charge in [0.1, 0.15) is 0 Å². The fourth-order valence-corrected chi connectivity index (χ4v) is 2.73. The molecule has 0 saturated carbocycles. The summed E-state index contributed by atoms with van der Waals surface area (Å²) in [5, 5.41) is 0. The molecule has 1 heteroatoms. The molecule has 0 bridgehead atoms. The van der Waals surface area contributed by atoms with Crippen molar-refractivity contribution in [3.05, 3.63) is 47.5 Å². The zero-order valence-electron chi connectivity index (χ0n) is 11.4. The molecular formula is C17H22O. The van der Waals surface area contributed by atoms with Gasteiger partial charge in [-0.05, 0) is 36.3 Å². The Morgan fingerprint density at radius 3 is 2.56 bits per heavy atom. The Hall–Kier alpha value is -1.37. The summed E-state index contributed by atoms with van der Waals surface area (Å²) in [6.45, 7) is 4.35. The Balaban J connectivity index is 2.28. The maximum Gasteiger partial charge on any atom is 0.166 e. The quantitative estimate of drug-likeness (QED) is 0.743. The molecule has 2 atom stereocenters. The minimum Gasteiger partial charge on any atom is -0.294 e. The highest BCUT2D eigenvalue weighted by molar-refractivity contribution is 6.00. The van der Waals surface area contributed by atoms with Crippen LogP contribution in [0.1, 0.15) is 51.0 Å². The molecule has 0 aromatic heterocycles. The molecule has 1 nitrogen and oxygen atoms in total. The number of hydrogen-bond acceptors (Lipinski definition) is 1. The standard InChI is InChI=1S/C17H22O/c1-3-13(2)16(14-9-5-4-6-10-14)17(18)15-11-7-8-12-15/h4-6,9-11,13,16H,3,7-8,12H2,1-2H3. The van der Waals surface area contributed by atoms with Gasteiger partial charge in [0.05, 0.1) is 0 Å². The Bertz CT molecular complexity index is 430. The monoisotopic (exact) mass is 242 g/mol. The molecule has 2 unspecified atom stereocenters. The first-order valence-corrected chi connectivity index (χ1v) is 7.02. The molecule has 0 radical (unpaired) electrons. The van der Waals surface area contributed by atoms with Crippen LogP contribution < -0.4 is 0 Å². The van der Waals surface area contributed by atoms with E-state index in [0.717, 1.165) is 31.3 Å². The molecular weight excluding hydrogens is 220 g/mol. The molecule has 96 valence electrons. The summed E-state index contributed by atoms with van der Waals surface area (Å²) < 4.78 is 0. The van der Waals surface area contributed by atoms with Crippen LogP contribution in [0.3, 0.4) is 0 Å².